The van der Waals surface area contributed by atoms with Crippen LogP contribution in [0.25, 0.3) is 32.9 Å². The van der Waals surface area contributed by atoms with E-state index in [9.17, 15) is 10.2 Å². The van der Waals surface area contributed by atoms with E-state index >= 15 is 4.39 Å². The molecule has 8 heteroatoms. The standard InChI is InChI=1S/C26H25FN4O3/c27-22-23(20-11-18(33)10-17-3-1-2-4-19(17)20)28-12-21-24(22)29-26(34-8-7-32)30-25(21)31-13-15-5-6-16(9-15)14-31/h1-4,10-12,15-16,32-33H,5-9,13-14H2. The zero-order valence-corrected chi connectivity index (χ0v) is 18.6. The van der Waals surface area contributed by atoms with Gasteiger partial charge in [-0.2, -0.15) is 9.97 Å². The first-order valence-corrected chi connectivity index (χ1v) is 11.7. The number of hydrogen-bond acceptors (Lipinski definition) is 7. The van der Waals surface area contributed by atoms with Crippen molar-refractivity contribution >= 4 is 27.5 Å². The Morgan fingerprint density at radius 1 is 1.06 bits per heavy atom. The van der Waals surface area contributed by atoms with Crippen molar-refractivity contribution < 1.29 is 19.3 Å². The van der Waals surface area contributed by atoms with Gasteiger partial charge in [-0.25, -0.2) is 4.39 Å². The maximum Gasteiger partial charge on any atom is 0.319 e. The van der Waals surface area contributed by atoms with E-state index in [-0.39, 0.29) is 36.2 Å². The van der Waals surface area contributed by atoms with E-state index in [2.05, 4.69) is 19.9 Å². The minimum atomic E-state index is -0.592. The summed E-state index contributed by atoms with van der Waals surface area (Å²) in [7, 11) is 0. The number of ether oxygens (including phenoxy) is 1. The highest BCUT2D eigenvalue weighted by Gasteiger charge is 2.34. The number of aromatic nitrogens is 3. The highest BCUT2D eigenvalue weighted by molar-refractivity contribution is 5.99. The van der Waals surface area contributed by atoms with Crippen LogP contribution in [0.2, 0.25) is 0 Å². The van der Waals surface area contributed by atoms with Crippen LogP contribution >= 0.6 is 0 Å². The Morgan fingerprint density at radius 2 is 1.85 bits per heavy atom. The number of hydrogen-bond donors (Lipinski definition) is 2. The topological polar surface area (TPSA) is 91.6 Å². The number of anilines is 1. The first kappa shape index (κ1) is 21.0. The minimum absolute atomic E-state index is 0.0208. The Balaban J connectivity index is 1.54. The van der Waals surface area contributed by atoms with Gasteiger partial charge in [-0.1, -0.05) is 24.3 Å². The van der Waals surface area contributed by atoms with Crippen LogP contribution in [0.5, 0.6) is 11.8 Å². The van der Waals surface area contributed by atoms with Gasteiger partial charge in [0.25, 0.3) is 0 Å². The molecule has 2 unspecified atom stereocenters. The molecule has 0 amide bonds. The maximum absolute atomic E-state index is 16.1. The third-order valence-electron chi connectivity index (χ3n) is 6.97. The summed E-state index contributed by atoms with van der Waals surface area (Å²) < 4.78 is 21.6. The van der Waals surface area contributed by atoms with Crippen molar-refractivity contribution in [3.63, 3.8) is 0 Å². The number of phenolic OH excluding ortho intramolecular Hbond substituents is 1. The lowest BCUT2D eigenvalue weighted by atomic mass is 9.98. The van der Waals surface area contributed by atoms with Crippen LogP contribution in [0.4, 0.5) is 10.2 Å². The van der Waals surface area contributed by atoms with Crippen LogP contribution in [0.1, 0.15) is 19.3 Å². The molecule has 2 atom stereocenters. The summed E-state index contributed by atoms with van der Waals surface area (Å²) in [5.41, 5.74) is 0.716. The fourth-order valence-electron chi connectivity index (χ4n) is 5.52. The number of rotatable bonds is 5. The van der Waals surface area contributed by atoms with Crippen LogP contribution in [-0.2, 0) is 0 Å². The molecule has 1 aliphatic heterocycles. The Hall–Kier alpha value is -3.52. The zero-order chi connectivity index (χ0) is 23.2. The largest absolute Gasteiger partial charge is 0.508 e. The fraction of sp³-hybridized carbons (Fsp3) is 0.346. The average molecular weight is 461 g/mol. The number of aliphatic hydroxyl groups excluding tert-OH is 1. The molecule has 2 aliphatic rings. The van der Waals surface area contributed by atoms with Crippen molar-refractivity contribution in [3.8, 4) is 23.0 Å². The molecule has 1 aliphatic carbocycles. The Morgan fingerprint density at radius 3 is 2.65 bits per heavy atom. The van der Waals surface area contributed by atoms with E-state index in [1.165, 1.54) is 25.3 Å². The molecule has 2 aromatic heterocycles. The third kappa shape index (κ3) is 3.58. The van der Waals surface area contributed by atoms with Crippen molar-refractivity contribution in [1.29, 1.82) is 0 Å². The van der Waals surface area contributed by atoms with Crippen molar-refractivity contribution in [1.82, 2.24) is 15.0 Å². The molecule has 2 fully saturated rings. The minimum Gasteiger partial charge on any atom is -0.508 e. The van der Waals surface area contributed by atoms with Crippen LogP contribution in [0, 0.1) is 17.7 Å². The number of nitrogens with zero attached hydrogens (tertiary/aromatic N) is 4. The van der Waals surface area contributed by atoms with E-state index in [1.54, 1.807) is 12.3 Å². The number of piperidine rings is 1. The maximum atomic E-state index is 16.1. The predicted octanol–water partition coefficient (Wildman–Crippen LogP) is 4.30. The van der Waals surface area contributed by atoms with Gasteiger partial charge in [0, 0.05) is 24.8 Å². The van der Waals surface area contributed by atoms with Gasteiger partial charge in [0.2, 0.25) is 0 Å². The molecule has 0 radical (unpaired) electrons. The van der Waals surface area contributed by atoms with Gasteiger partial charge in [0.1, 0.15) is 29.4 Å². The second kappa shape index (κ2) is 8.36. The van der Waals surface area contributed by atoms with E-state index in [0.29, 0.717) is 28.6 Å². The number of benzene rings is 2. The molecule has 0 spiro atoms. The molecular weight excluding hydrogens is 435 g/mol. The van der Waals surface area contributed by atoms with E-state index in [4.69, 9.17) is 4.74 Å². The summed E-state index contributed by atoms with van der Waals surface area (Å²) in [5.74, 6) is 1.29. The number of aliphatic hydroxyl groups is 1. The Labute approximate surface area is 195 Å². The number of aromatic hydroxyl groups is 1. The molecule has 1 saturated carbocycles. The molecule has 7 nitrogen and oxygen atoms in total. The van der Waals surface area contributed by atoms with E-state index < -0.39 is 5.82 Å². The first-order chi connectivity index (χ1) is 16.6. The van der Waals surface area contributed by atoms with Gasteiger partial charge >= 0.3 is 6.01 Å². The van der Waals surface area contributed by atoms with Crippen LogP contribution < -0.4 is 9.64 Å². The molecule has 6 rings (SSSR count). The smallest absolute Gasteiger partial charge is 0.319 e. The normalized spacial score (nSPS) is 19.8. The first-order valence-electron chi connectivity index (χ1n) is 11.7. The molecular formula is C26H25FN4O3. The number of fused-ring (bicyclic) bond motifs is 4. The molecule has 2 bridgehead atoms. The zero-order valence-electron chi connectivity index (χ0n) is 18.6. The summed E-state index contributed by atoms with van der Waals surface area (Å²) in [6.45, 7) is 1.56. The van der Waals surface area contributed by atoms with Crippen LogP contribution in [0.3, 0.4) is 0 Å². The summed E-state index contributed by atoms with van der Waals surface area (Å²) in [6, 6.07) is 10.7. The lowest BCUT2D eigenvalue weighted by Gasteiger charge is -2.33. The van der Waals surface area contributed by atoms with Gasteiger partial charge in [-0.15, -0.1) is 0 Å². The van der Waals surface area contributed by atoms with Crippen LogP contribution in [-0.4, -0.2) is 51.5 Å². The van der Waals surface area contributed by atoms with Crippen molar-refractivity contribution in [2.45, 2.75) is 19.3 Å². The average Bonchev–Trinajstić information content (AvgIpc) is 3.19. The number of pyridine rings is 1. The third-order valence-corrected chi connectivity index (χ3v) is 6.97. The highest BCUT2D eigenvalue weighted by Crippen LogP contribution is 2.41. The lowest BCUT2D eigenvalue weighted by molar-refractivity contribution is 0.192. The summed E-state index contributed by atoms with van der Waals surface area (Å²) in [4.78, 5) is 15.7. The van der Waals surface area contributed by atoms with Crippen molar-refractivity contribution in [2.24, 2.45) is 11.8 Å². The quantitative estimate of drug-likeness (QED) is 0.459. The van der Waals surface area contributed by atoms with Gasteiger partial charge in [-0.3, -0.25) is 4.98 Å². The lowest BCUT2D eigenvalue weighted by Crippen LogP contribution is -2.37. The second-order valence-corrected chi connectivity index (χ2v) is 9.25. The Bertz CT molecular complexity index is 1380. The van der Waals surface area contributed by atoms with E-state index in [0.717, 1.165) is 23.9 Å². The highest BCUT2D eigenvalue weighted by atomic mass is 19.1. The van der Waals surface area contributed by atoms with Gasteiger partial charge in [-0.05, 0) is 54.0 Å². The monoisotopic (exact) mass is 460 g/mol. The van der Waals surface area contributed by atoms with Gasteiger partial charge in [0.15, 0.2) is 5.82 Å². The van der Waals surface area contributed by atoms with Crippen LogP contribution in [0.15, 0.2) is 42.6 Å². The predicted molar refractivity (Wildman–Crippen MR) is 128 cm³/mol. The van der Waals surface area contributed by atoms with E-state index in [1.807, 2.05) is 24.3 Å². The van der Waals surface area contributed by atoms with Gasteiger partial charge in [0.05, 0.1) is 12.0 Å². The Kier molecular flexibility index (Phi) is 5.17. The molecule has 3 heterocycles. The molecule has 2 aromatic carbocycles. The number of phenols is 1. The summed E-state index contributed by atoms with van der Waals surface area (Å²) in [6.07, 6.45) is 5.27. The van der Waals surface area contributed by atoms with Gasteiger partial charge < -0.3 is 19.8 Å². The fourth-order valence-corrected chi connectivity index (χ4v) is 5.52. The molecule has 2 N–H and O–H groups in total. The summed E-state index contributed by atoms with van der Waals surface area (Å²) >= 11 is 0. The van der Waals surface area contributed by atoms with Crippen molar-refractivity contribution in [2.75, 3.05) is 31.2 Å². The molecule has 4 aromatic rings. The molecule has 1 saturated heterocycles. The number of halogens is 1. The SMILES string of the molecule is OCCOc1nc(N2CC3CCC(C3)C2)c2cnc(-c3cc(O)cc4ccccc34)c(F)c2n1. The molecule has 174 valence electrons. The molecule has 34 heavy (non-hydrogen) atoms. The second-order valence-electron chi connectivity index (χ2n) is 9.25. The summed E-state index contributed by atoms with van der Waals surface area (Å²) in [5, 5.41) is 21.6. The van der Waals surface area contributed by atoms with Crippen molar-refractivity contribution in [3.05, 3.63) is 48.4 Å².